The first-order valence-corrected chi connectivity index (χ1v) is 3.53. The van der Waals surface area contributed by atoms with Crippen molar-refractivity contribution in [2.45, 2.75) is 19.0 Å². The molecular formula is C7H11F2N3. The van der Waals surface area contributed by atoms with Gasteiger partial charge in [-0.1, -0.05) is 6.08 Å². The van der Waals surface area contributed by atoms with Crippen LogP contribution in [-0.4, -0.2) is 12.1 Å². The van der Waals surface area contributed by atoms with Gasteiger partial charge >= 0.3 is 0 Å². The van der Waals surface area contributed by atoms with Crippen LogP contribution in [0.2, 0.25) is 0 Å². The maximum atomic E-state index is 12.6. The third-order valence-corrected chi connectivity index (χ3v) is 1.57. The van der Waals surface area contributed by atoms with E-state index in [-0.39, 0.29) is 11.7 Å². The summed E-state index contributed by atoms with van der Waals surface area (Å²) in [7, 11) is 0. The zero-order valence-corrected chi connectivity index (χ0v) is 6.64. The van der Waals surface area contributed by atoms with Gasteiger partial charge in [-0.25, -0.2) is 14.2 Å². The van der Waals surface area contributed by atoms with Crippen LogP contribution in [0, 0.1) is 0 Å². The monoisotopic (exact) mass is 175 g/mol. The summed E-state index contributed by atoms with van der Waals surface area (Å²) in [5, 5.41) is 2.66. The second-order valence-electron chi connectivity index (χ2n) is 2.66. The van der Waals surface area contributed by atoms with Gasteiger partial charge in [0.1, 0.15) is 6.17 Å². The molecule has 0 aromatic heterocycles. The Kier molecular flexibility index (Phi) is 2.44. The lowest BCUT2D eigenvalue weighted by molar-refractivity contribution is 0.0663. The SMILES string of the molecule is CC(F)(F)C1=CNC(NN)C=C1. The van der Waals surface area contributed by atoms with Crippen LogP contribution in [0.5, 0.6) is 0 Å². The van der Waals surface area contributed by atoms with Crippen molar-refractivity contribution in [2.75, 3.05) is 0 Å². The Balaban J connectivity index is 2.64. The van der Waals surface area contributed by atoms with Crippen LogP contribution in [0.4, 0.5) is 8.78 Å². The zero-order chi connectivity index (χ0) is 9.19. The largest absolute Gasteiger partial charge is 0.371 e. The van der Waals surface area contributed by atoms with Crippen molar-refractivity contribution >= 4 is 0 Å². The predicted molar refractivity (Wildman–Crippen MR) is 42.1 cm³/mol. The fourth-order valence-electron chi connectivity index (χ4n) is 0.860. The average molecular weight is 175 g/mol. The van der Waals surface area contributed by atoms with Gasteiger partial charge in [0.2, 0.25) is 0 Å². The summed E-state index contributed by atoms with van der Waals surface area (Å²) in [5.41, 5.74) is 2.34. The highest BCUT2D eigenvalue weighted by molar-refractivity contribution is 5.29. The molecule has 0 aromatic rings. The Morgan fingerprint density at radius 3 is 2.67 bits per heavy atom. The molecule has 5 heteroatoms. The Bertz CT molecular complexity index is 217. The first-order chi connectivity index (χ1) is 5.54. The summed E-state index contributed by atoms with van der Waals surface area (Å²) in [6.07, 6.45) is 3.87. The number of alkyl halides is 2. The smallest absolute Gasteiger partial charge is 0.271 e. The van der Waals surface area contributed by atoms with E-state index in [9.17, 15) is 8.78 Å². The van der Waals surface area contributed by atoms with Gasteiger partial charge in [-0.2, -0.15) is 0 Å². The third kappa shape index (κ3) is 2.02. The van der Waals surface area contributed by atoms with Crippen LogP contribution in [0.15, 0.2) is 23.9 Å². The minimum absolute atomic E-state index is 0.0472. The van der Waals surface area contributed by atoms with Crippen LogP contribution in [0.25, 0.3) is 0 Å². The maximum absolute atomic E-state index is 12.6. The number of nitrogens with one attached hydrogen (secondary N) is 2. The van der Waals surface area contributed by atoms with Crippen LogP contribution < -0.4 is 16.6 Å². The Morgan fingerprint density at radius 1 is 1.67 bits per heavy atom. The van der Waals surface area contributed by atoms with E-state index in [0.717, 1.165) is 6.92 Å². The van der Waals surface area contributed by atoms with Crippen LogP contribution in [0.3, 0.4) is 0 Å². The summed E-state index contributed by atoms with van der Waals surface area (Å²) in [4.78, 5) is 0. The fourth-order valence-corrected chi connectivity index (χ4v) is 0.860. The van der Waals surface area contributed by atoms with E-state index in [1.807, 2.05) is 0 Å². The molecule has 1 rings (SSSR count). The molecule has 1 atom stereocenters. The predicted octanol–water partition coefficient (Wildman–Crippen LogP) is 0.474. The summed E-state index contributed by atoms with van der Waals surface area (Å²) < 4.78 is 25.3. The maximum Gasteiger partial charge on any atom is 0.271 e. The molecule has 0 amide bonds. The first-order valence-electron chi connectivity index (χ1n) is 3.53. The summed E-state index contributed by atoms with van der Waals surface area (Å²) >= 11 is 0. The van der Waals surface area contributed by atoms with Gasteiger partial charge in [-0.3, -0.25) is 5.84 Å². The number of rotatable bonds is 2. The highest BCUT2D eigenvalue weighted by atomic mass is 19.3. The molecule has 0 bridgehead atoms. The van der Waals surface area contributed by atoms with Gasteiger partial charge in [-0.05, 0) is 6.08 Å². The van der Waals surface area contributed by atoms with Crippen molar-refractivity contribution in [1.29, 1.82) is 0 Å². The molecule has 4 N–H and O–H groups in total. The Hall–Kier alpha value is -0.940. The molecule has 1 aliphatic heterocycles. The minimum Gasteiger partial charge on any atom is -0.371 e. The normalized spacial score (nSPS) is 23.3. The number of hydrazine groups is 1. The topological polar surface area (TPSA) is 50.1 Å². The molecule has 1 unspecified atom stereocenters. The van der Waals surface area contributed by atoms with E-state index in [2.05, 4.69) is 10.7 Å². The number of nitrogens with two attached hydrogens (primary N) is 1. The summed E-state index contributed by atoms with van der Waals surface area (Å²) in [6.45, 7) is 0.848. The number of hydrogen-bond acceptors (Lipinski definition) is 3. The fraction of sp³-hybridized carbons (Fsp3) is 0.429. The van der Waals surface area contributed by atoms with Crippen molar-refractivity contribution < 1.29 is 8.78 Å². The molecule has 0 radical (unpaired) electrons. The molecule has 1 heterocycles. The molecule has 0 spiro atoms. The van der Waals surface area contributed by atoms with Crippen molar-refractivity contribution in [1.82, 2.24) is 10.7 Å². The van der Waals surface area contributed by atoms with Gasteiger partial charge in [0.05, 0.1) is 0 Å². The van der Waals surface area contributed by atoms with Crippen LogP contribution >= 0.6 is 0 Å². The molecule has 12 heavy (non-hydrogen) atoms. The molecule has 0 saturated carbocycles. The van der Waals surface area contributed by atoms with E-state index in [4.69, 9.17) is 5.84 Å². The highest BCUT2D eigenvalue weighted by Crippen LogP contribution is 2.24. The molecule has 3 nitrogen and oxygen atoms in total. The molecule has 0 aromatic carbocycles. The first kappa shape index (κ1) is 9.15. The second kappa shape index (κ2) is 3.20. The van der Waals surface area contributed by atoms with Crippen LogP contribution in [-0.2, 0) is 0 Å². The van der Waals surface area contributed by atoms with Crippen molar-refractivity contribution in [3.05, 3.63) is 23.9 Å². The molecule has 1 aliphatic rings. The number of hydrogen-bond donors (Lipinski definition) is 3. The van der Waals surface area contributed by atoms with Gasteiger partial charge in [0, 0.05) is 18.7 Å². The lowest BCUT2D eigenvalue weighted by Gasteiger charge is -2.20. The van der Waals surface area contributed by atoms with Gasteiger partial charge in [-0.15, -0.1) is 0 Å². The Morgan fingerprint density at radius 2 is 2.33 bits per heavy atom. The standard InChI is InChI=1S/C7H11F2N3/c1-7(8,9)5-2-3-6(12-10)11-4-5/h2-4,6,11-12H,10H2,1H3. The lowest BCUT2D eigenvalue weighted by Crippen LogP contribution is -2.44. The molecular weight excluding hydrogens is 164 g/mol. The Labute approximate surface area is 69.3 Å². The highest BCUT2D eigenvalue weighted by Gasteiger charge is 2.26. The van der Waals surface area contributed by atoms with Gasteiger partial charge in [0.25, 0.3) is 5.92 Å². The van der Waals surface area contributed by atoms with Gasteiger partial charge < -0.3 is 5.32 Å². The molecule has 0 fully saturated rings. The quantitative estimate of drug-likeness (QED) is 0.422. The third-order valence-electron chi connectivity index (χ3n) is 1.57. The number of allylic oxidation sites excluding steroid dienone is 2. The summed E-state index contributed by atoms with van der Waals surface area (Å²) in [6, 6.07) is 0. The number of halogens is 2. The molecule has 68 valence electrons. The molecule has 0 aliphatic carbocycles. The van der Waals surface area contributed by atoms with E-state index >= 15 is 0 Å². The zero-order valence-electron chi connectivity index (χ0n) is 6.64. The van der Waals surface area contributed by atoms with E-state index < -0.39 is 5.92 Å². The van der Waals surface area contributed by atoms with Crippen molar-refractivity contribution in [2.24, 2.45) is 5.84 Å². The van der Waals surface area contributed by atoms with Crippen molar-refractivity contribution in [3.8, 4) is 0 Å². The van der Waals surface area contributed by atoms with Gasteiger partial charge in [0.15, 0.2) is 0 Å². The lowest BCUT2D eigenvalue weighted by atomic mass is 10.1. The van der Waals surface area contributed by atoms with Crippen LogP contribution in [0.1, 0.15) is 6.92 Å². The van der Waals surface area contributed by atoms with E-state index in [0.29, 0.717) is 0 Å². The molecule has 0 saturated heterocycles. The van der Waals surface area contributed by atoms with E-state index in [1.54, 1.807) is 0 Å². The van der Waals surface area contributed by atoms with Crippen molar-refractivity contribution in [3.63, 3.8) is 0 Å². The second-order valence-corrected chi connectivity index (χ2v) is 2.66. The average Bonchev–Trinajstić information content (AvgIpc) is 2.03. The minimum atomic E-state index is -2.80. The number of dihydropyridines is 1. The summed E-state index contributed by atoms with van der Waals surface area (Å²) in [5.74, 6) is 2.27. The van der Waals surface area contributed by atoms with E-state index in [1.165, 1.54) is 18.4 Å².